The standard InChI is InChI=1S/C13H14O4/c1-16-13(17-2)6-5-9-3-4-10(12(14)15)7-11(9)8-13/h3-7H,8H2,1-2H3,(H,14,15). The van der Waals surface area contributed by atoms with Crippen LogP contribution in [0.5, 0.6) is 0 Å². The maximum absolute atomic E-state index is 10.9. The van der Waals surface area contributed by atoms with Gasteiger partial charge in [0.15, 0.2) is 5.79 Å². The Morgan fingerprint density at radius 1 is 1.35 bits per heavy atom. The molecule has 17 heavy (non-hydrogen) atoms. The molecule has 1 N–H and O–H groups in total. The summed E-state index contributed by atoms with van der Waals surface area (Å²) in [7, 11) is 3.14. The van der Waals surface area contributed by atoms with Gasteiger partial charge in [0.2, 0.25) is 0 Å². The van der Waals surface area contributed by atoms with Crippen LogP contribution in [-0.4, -0.2) is 31.1 Å². The van der Waals surface area contributed by atoms with E-state index in [1.54, 1.807) is 32.4 Å². The maximum atomic E-state index is 10.9. The Kier molecular flexibility index (Phi) is 3.00. The van der Waals surface area contributed by atoms with Gasteiger partial charge in [-0.1, -0.05) is 12.1 Å². The van der Waals surface area contributed by atoms with Crippen molar-refractivity contribution in [3.8, 4) is 0 Å². The molecule has 0 aromatic heterocycles. The zero-order chi connectivity index (χ0) is 12.5. The predicted molar refractivity (Wildman–Crippen MR) is 62.9 cm³/mol. The van der Waals surface area contributed by atoms with Crippen LogP contribution < -0.4 is 0 Å². The minimum Gasteiger partial charge on any atom is -0.478 e. The van der Waals surface area contributed by atoms with E-state index in [9.17, 15) is 4.79 Å². The molecule has 0 amide bonds. The lowest BCUT2D eigenvalue weighted by molar-refractivity contribution is -0.168. The van der Waals surface area contributed by atoms with Gasteiger partial charge in [0, 0.05) is 20.6 Å². The fraction of sp³-hybridized carbons (Fsp3) is 0.308. The van der Waals surface area contributed by atoms with Crippen molar-refractivity contribution < 1.29 is 19.4 Å². The molecule has 0 atom stereocenters. The number of fused-ring (bicyclic) bond motifs is 1. The van der Waals surface area contributed by atoms with Gasteiger partial charge in [-0.3, -0.25) is 0 Å². The van der Waals surface area contributed by atoms with Crippen LogP contribution in [0.1, 0.15) is 21.5 Å². The van der Waals surface area contributed by atoms with E-state index >= 15 is 0 Å². The van der Waals surface area contributed by atoms with E-state index in [-0.39, 0.29) is 5.56 Å². The SMILES string of the molecule is COC1(OC)C=Cc2ccc(C(=O)O)cc2C1. The Labute approximate surface area is 99.5 Å². The number of ether oxygens (including phenoxy) is 2. The number of hydrogen-bond donors (Lipinski definition) is 1. The first kappa shape index (κ1) is 11.8. The molecule has 2 rings (SSSR count). The minimum absolute atomic E-state index is 0.278. The maximum Gasteiger partial charge on any atom is 0.335 e. The van der Waals surface area contributed by atoms with E-state index < -0.39 is 11.8 Å². The van der Waals surface area contributed by atoms with Crippen LogP contribution in [0, 0.1) is 0 Å². The van der Waals surface area contributed by atoms with Gasteiger partial charge >= 0.3 is 5.97 Å². The average molecular weight is 234 g/mol. The molecule has 0 bridgehead atoms. The largest absolute Gasteiger partial charge is 0.478 e. The third-order valence-corrected chi connectivity index (χ3v) is 3.03. The van der Waals surface area contributed by atoms with E-state index in [1.807, 2.05) is 12.2 Å². The highest BCUT2D eigenvalue weighted by Gasteiger charge is 2.30. The van der Waals surface area contributed by atoms with Crippen molar-refractivity contribution in [1.29, 1.82) is 0 Å². The molecule has 0 heterocycles. The zero-order valence-corrected chi connectivity index (χ0v) is 9.77. The summed E-state index contributed by atoms with van der Waals surface area (Å²) in [5, 5.41) is 8.95. The molecule has 0 fully saturated rings. The topological polar surface area (TPSA) is 55.8 Å². The van der Waals surface area contributed by atoms with Crippen molar-refractivity contribution in [2.24, 2.45) is 0 Å². The fourth-order valence-electron chi connectivity index (χ4n) is 1.96. The van der Waals surface area contributed by atoms with Gasteiger partial charge in [-0.25, -0.2) is 4.79 Å². The number of carboxylic acid groups (broad SMARTS) is 1. The van der Waals surface area contributed by atoms with E-state index in [0.29, 0.717) is 6.42 Å². The molecule has 0 saturated carbocycles. The highest BCUT2D eigenvalue weighted by atomic mass is 16.7. The minimum atomic E-state index is -0.928. The first-order valence-corrected chi connectivity index (χ1v) is 5.26. The van der Waals surface area contributed by atoms with Gasteiger partial charge in [-0.15, -0.1) is 0 Å². The van der Waals surface area contributed by atoms with E-state index in [1.165, 1.54) is 0 Å². The van der Waals surface area contributed by atoms with Crippen LogP contribution in [-0.2, 0) is 15.9 Å². The number of carbonyl (C=O) groups is 1. The molecule has 0 unspecified atom stereocenters. The van der Waals surface area contributed by atoms with Crippen molar-refractivity contribution in [2.75, 3.05) is 14.2 Å². The van der Waals surface area contributed by atoms with Gasteiger partial charge in [0.05, 0.1) is 5.56 Å². The summed E-state index contributed by atoms with van der Waals surface area (Å²) in [6.07, 6.45) is 4.24. The second kappa shape index (κ2) is 4.31. The summed E-state index contributed by atoms with van der Waals surface area (Å²) in [5.41, 5.74) is 2.19. The van der Waals surface area contributed by atoms with Crippen molar-refractivity contribution in [3.63, 3.8) is 0 Å². The van der Waals surface area contributed by atoms with Gasteiger partial charge in [0.1, 0.15) is 0 Å². The molecule has 90 valence electrons. The number of methoxy groups -OCH3 is 2. The number of aromatic carboxylic acids is 1. The van der Waals surface area contributed by atoms with Crippen molar-refractivity contribution in [1.82, 2.24) is 0 Å². The lowest BCUT2D eigenvalue weighted by atomic mass is 9.91. The van der Waals surface area contributed by atoms with Crippen molar-refractivity contribution >= 4 is 12.0 Å². The van der Waals surface area contributed by atoms with Crippen LogP contribution in [0.15, 0.2) is 24.3 Å². The van der Waals surface area contributed by atoms with Crippen LogP contribution in [0.4, 0.5) is 0 Å². The summed E-state index contributed by atoms with van der Waals surface area (Å²) in [6.45, 7) is 0. The number of hydrogen-bond acceptors (Lipinski definition) is 3. The monoisotopic (exact) mass is 234 g/mol. The number of carboxylic acids is 1. The molecule has 1 aliphatic carbocycles. The molecule has 0 spiro atoms. The van der Waals surface area contributed by atoms with Gasteiger partial charge in [-0.2, -0.15) is 0 Å². The Bertz CT molecular complexity index is 472. The summed E-state index contributed by atoms with van der Waals surface area (Å²) in [4.78, 5) is 10.9. The van der Waals surface area contributed by atoms with Gasteiger partial charge in [-0.05, 0) is 29.3 Å². The molecule has 4 nitrogen and oxygen atoms in total. The molecule has 1 aliphatic rings. The summed E-state index contributed by atoms with van der Waals surface area (Å²) in [5.74, 6) is -1.72. The Morgan fingerprint density at radius 3 is 2.65 bits per heavy atom. The third kappa shape index (κ3) is 2.09. The first-order valence-electron chi connectivity index (χ1n) is 5.26. The van der Waals surface area contributed by atoms with Gasteiger partial charge < -0.3 is 14.6 Å². The second-order valence-electron chi connectivity index (χ2n) is 3.95. The second-order valence-corrected chi connectivity index (χ2v) is 3.95. The van der Waals surface area contributed by atoms with Crippen LogP contribution in [0.25, 0.3) is 6.08 Å². The fourth-order valence-corrected chi connectivity index (χ4v) is 1.96. The molecule has 1 aromatic rings. The number of benzene rings is 1. The predicted octanol–water partition coefficient (Wildman–Crippen LogP) is 1.94. The third-order valence-electron chi connectivity index (χ3n) is 3.03. The highest BCUT2D eigenvalue weighted by Crippen LogP contribution is 2.29. The molecule has 0 aliphatic heterocycles. The van der Waals surface area contributed by atoms with Crippen LogP contribution in [0.2, 0.25) is 0 Å². The summed E-state index contributed by atoms with van der Waals surface area (Å²) >= 11 is 0. The van der Waals surface area contributed by atoms with Crippen LogP contribution in [0.3, 0.4) is 0 Å². The summed E-state index contributed by atoms with van der Waals surface area (Å²) < 4.78 is 10.7. The highest BCUT2D eigenvalue weighted by molar-refractivity contribution is 5.88. The lowest BCUT2D eigenvalue weighted by Crippen LogP contribution is -2.35. The number of rotatable bonds is 3. The van der Waals surface area contributed by atoms with Crippen molar-refractivity contribution in [3.05, 3.63) is 41.0 Å². The van der Waals surface area contributed by atoms with Gasteiger partial charge in [0.25, 0.3) is 0 Å². The lowest BCUT2D eigenvalue weighted by Gasteiger charge is -2.31. The van der Waals surface area contributed by atoms with E-state index in [0.717, 1.165) is 11.1 Å². The molecule has 1 aromatic carbocycles. The molecular weight excluding hydrogens is 220 g/mol. The summed E-state index contributed by atoms with van der Waals surface area (Å²) in [6, 6.07) is 5.05. The zero-order valence-electron chi connectivity index (χ0n) is 9.77. The molecule has 4 heteroatoms. The van der Waals surface area contributed by atoms with Crippen molar-refractivity contribution in [2.45, 2.75) is 12.2 Å². The first-order chi connectivity index (χ1) is 8.10. The molecule has 0 saturated heterocycles. The smallest absolute Gasteiger partial charge is 0.335 e. The van der Waals surface area contributed by atoms with E-state index in [2.05, 4.69) is 0 Å². The Balaban J connectivity index is 2.41. The average Bonchev–Trinajstić information content (AvgIpc) is 2.37. The Morgan fingerprint density at radius 2 is 2.06 bits per heavy atom. The van der Waals surface area contributed by atoms with Crippen LogP contribution >= 0.6 is 0 Å². The van der Waals surface area contributed by atoms with E-state index in [4.69, 9.17) is 14.6 Å². The normalized spacial score (nSPS) is 16.6. The molecular formula is C13H14O4. The quantitative estimate of drug-likeness (QED) is 0.812. The Hall–Kier alpha value is -1.65. The molecule has 0 radical (unpaired) electrons.